The number of nitrogens with one attached hydrogen (secondary N) is 2. The Labute approximate surface area is 161 Å². The van der Waals surface area contributed by atoms with Crippen LogP contribution in [0.4, 0.5) is 17.1 Å². The highest BCUT2D eigenvalue weighted by Crippen LogP contribution is 2.28. The predicted molar refractivity (Wildman–Crippen MR) is 108 cm³/mol. The molecule has 142 valence electrons. The smallest absolute Gasteiger partial charge is 0.271 e. The lowest BCUT2D eigenvalue weighted by atomic mass is 10.1. The number of carbonyl (C=O) groups is 1. The van der Waals surface area contributed by atoms with E-state index in [1.54, 1.807) is 18.2 Å². The first-order chi connectivity index (χ1) is 13.5. The van der Waals surface area contributed by atoms with Crippen molar-refractivity contribution >= 4 is 23.0 Å². The third-order valence-corrected chi connectivity index (χ3v) is 4.18. The molecule has 7 nitrogen and oxygen atoms in total. The number of anilines is 2. The van der Waals surface area contributed by atoms with Gasteiger partial charge in [0, 0.05) is 18.7 Å². The molecule has 0 bridgehead atoms. The molecule has 3 aromatic rings. The lowest BCUT2D eigenvalue weighted by Gasteiger charge is -2.14. The zero-order valence-electron chi connectivity index (χ0n) is 15.0. The van der Waals surface area contributed by atoms with Gasteiger partial charge in [-0.05, 0) is 30.2 Å². The van der Waals surface area contributed by atoms with Crippen molar-refractivity contribution in [2.24, 2.45) is 0 Å². The fourth-order valence-electron chi connectivity index (χ4n) is 2.74. The first-order valence-corrected chi connectivity index (χ1v) is 8.70. The number of nitrogens with zero attached hydrogens (tertiary/aromatic N) is 1. The highest BCUT2D eigenvalue weighted by atomic mass is 16.6. The fraction of sp³-hybridized carbons (Fsp3) is 0.0952. The highest BCUT2D eigenvalue weighted by molar-refractivity contribution is 6.07. The summed E-state index contributed by atoms with van der Waals surface area (Å²) in [7, 11) is 0. The van der Waals surface area contributed by atoms with Gasteiger partial charge in [-0.2, -0.15) is 0 Å². The van der Waals surface area contributed by atoms with E-state index >= 15 is 0 Å². The van der Waals surface area contributed by atoms with Gasteiger partial charge in [-0.3, -0.25) is 14.9 Å². The number of phenols is 1. The largest absolute Gasteiger partial charge is 0.507 e. The zero-order valence-corrected chi connectivity index (χ0v) is 15.0. The predicted octanol–water partition coefficient (Wildman–Crippen LogP) is 4.21. The maximum absolute atomic E-state index is 12.5. The number of hydrogen-bond acceptors (Lipinski definition) is 5. The van der Waals surface area contributed by atoms with Crippen molar-refractivity contribution in [1.82, 2.24) is 0 Å². The van der Waals surface area contributed by atoms with Crippen LogP contribution in [0, 0.1) is 10.1 Å². The van der Waals surface area contributed by atoms with Gasteiger partial charge < -0.3 is 15.7 Å². The molecule has 3 aromatic carbocycles. The van der Waals surface area contributed by atoms with E-state index in [2.05, 4.69) is 10.6 Å². The number of amides is 1. The molecule has 0 atom stereocenters. The first kappa shape index (κ1) is 18.9. The molecule has 0 unspecified atom stereocenters. The van der Waals surface area contributed by atoms with E-state index in [9.17, 15) is 20.0 Å². The number of nitro benzene ring substituents is 1. The van der Waals surface area contributed by atoms with Crippen LogP contribution in [-0.4, -0.2) is 22.5 Å². The second-order valence-electron chi connectivity index (χ2n) is 6.12. The normalized spacial score (nSPS) is 10.3. The Kier molecular flexibility index (Phi) is 5.86. The highest BCUT2D eigenvalue weighted by Gasteiger charge is 2.16. The van der Waals surface area contributed by atoms with Gasteiger partial charge in [0.2, 0.25) is 0 Å². The van der Waals surface area contributed by atoms with Gasteiger partial charge in [-0.25, -0.2) is 0 Å². The molecular weight excluding hydrogens is 358 g/mol. The summed E-state index contributed by atoms with van der Waals surface area (Å²) < 4.78 is 0. The molecular formula is C21H19N3O4. The van der Waals surface area contributed by atoms with Gasteiger partial charge in [0.05, 0.1) is 21.9 Å². The molecule has 0 spiro atoms. The Bertz CT molecular complexity index is 990. The molecule has 7 heteroatoms. The molecule has 0 saturated heterocycles. The molecule has 3 N–H and O–H groups in total. The Morgan fingerprint density at radius 3 is 2.39 bits per heavy atom. The van der Waals surface area contributed by atoms with Crippen molar-refractivity contribution in [3.8, 4) is 5.75 Å². The minimum absolute atomic E-state index is 0.0873. The van der Waals surface area contributed by atoms with E-state index in [0.29, 0.717) is 12.2 Å². The van der Waals surface area contributed by atoms with Gasteiger partial charge in [0.25, 0.3) is 11.6 Å². The quantitative estimate of drug-likeness (QED) is 0.423. The summed E-state index contributed by atoms with van der Waals surface area (Å²) in [5.41, 5.74) is 1.93. The van der Waals surface area contributed by atoms with Crippen LogP contribution in [0.1, 0.15) is 15.9 Å². The van der Waals surface area contributed by atoms with Crippen molar-refractivity contribution in [2.75, 3.05) is 17.2 Å². The lowest BCUT2D eigenvalue weighted by Crippen LogP contribution is -2.15. The van der Waals surface area contributed by atoms with Crippen LogP contribution < -0.4 is 10.6 Å². The molecule has 0 fully saturated rings. The Hall–Kier alpha value is -3.87. The molecule has 28 heavy (non-hydrogen) atoms. The number of aromatic hydroxyl groups is 1. The third kappa shape index (κ3) is 4.64. The maximum atomic E-state index is 12.5. The van der Waals surface area contributed by atoms with Crippen molar-refractivity contribution < 1.29 is 14.8 Å². The van der Waals surface area contributed by atoms with E-state index in [-0.39, 0.29) is 22.7 Å². The summed E-state index contributed by atoms with van der Waals surface area (Å²) in [6, 6.07) is 20.2. The van der Waals surface area contributed by atoms with Gasteiger partial charge >= 0.3 is 0 Å². The van der Waals surface area contributed by atoms with Crippen molar-refractivity contribution in [2.45, 2.75) is 6.42 Å². The number of rotatable bonds is 7. The summed E-state index contributed by atoms with van der Waals surface area (Å²) in [6.45, 7) is 0.585. The topological polar surface area (TPSA) is 104 Å². The van der Waals surface area contributed by atoms with Gasteiger partial charge in [-0.15, -0.1) is 0 Å². The number of phenolic OH excluding ortho intramolecular Hbond substituents is 1. The van der Waals surface area contributed by atoms with Crippen molar-refractivity contribution in [3.05, 3.63) is 94.0 Å². The molecule has 0 aliphatic rings. The summed E-state index contributed by atoms with van der Waals surface area (Å²) >= 11 is 0. The number of hydrogen-bond donors (Lipinski definition) is 3. The van der Waals surface area contributed by atoms with Crippen LogP contribution in [0.2, 0.25) is 0 Å². The van der Waals surface area contributed by atoms with Crippen LogP contribution >= 0.6 is 0 Å². The minimum atomic E-state index is -0.551. The van der Waals surface area contributed by atoms with E-state index in [4.69, 9.17) is 0 Å². The summed E-state index contributed by atoms with van der Waals surface area (Å²) in [5, 5.41) is 26.8. The fourth-order valence-corrected chi connectivity index (χ4v) is 2.74. The maximum Gasteiger partial charge on any atom is 0.271 e. The molecule has 0 aliphatic heterocycles. The lowest BCUT2D eigenvalue weighted by molar-refractivity contribution is -0.384. The zero-order chi connectivity index (χ0) is 19.9. The van der Waals surface area contributed by atoms with Gasteiger partial charge in [0.1, 0.15) is 5.75 Å². The average molecular weight is 377 g/mol. The minimum Gasteiger partial charge on any atom is -0.507 e. The molecule has 0 saturated carbocycles. The SMILES string of the molecule is O=C(Nc1cc([N+](=O)[O-])ccc1NCCc1ccccc1)c1ccccc1O. The first-order valence-electron chi connectivity index (χ1n) is 8.70. The number of para-hydroxylation sites is 1. The molecule has 0 aromatic heterocycles. The van der Waals surface area contributed by atoms with Crippen LogP contribution in [-0.2, 0) is 6.42 Å². The Morgan fingerprint density at radius 2 is 1.68 bits per heavy atom. The molecule has 0 aliphatic carbocycles. The number of benzene rings is 3. The van der Waals surface area contributed by atoms with E-state index < -0.39 is 10.8 Å². The van der Waals surface area contributed by atoms with Crippen LogP contribution in [0.5, 0.6) is 5.75 Å². The summed E-state index contributed by atoms with van der Waals surface area (Å²) in [4.78, 5) is 23.1. The second-order valence-corrected chi connectivity index (χ2v) is 6.12. The Balaban J connectivity index is 1.79. The van der Waals surface area contributed by atoms with Crippen LogP contribution in [0.3, 0.4) is 0 Å². The van der Waals surface area contributed by atoms with E-state index in [1.807, 2.05) is 30.3 Å². The molecule has 3 rings (SSSR count). The van der Waals surface area contributed by atoms with Gasteiger partial charge in [0.15, 0.2) is 0 Å². The van der Waals surface area contributed by atoms with Crippen LogP contribution in [0.25, 0.3) is 0 Å². The monoisotopic (exact) mass is 377 g/mol. The third-order valence-electron chi connectivity index (χ3n) is 4.18. The second kappa shape index (κ2) is 8.68. The van der Waals surface area contributed by atoms with Crippen LogP contribution in [0.15, 0.2) is 72.8 Å². The van der Waals surface area contributed by atoms with Gasteiger partial charge in [-0.1, -0.05) is 42.5 Å². The Morgan fingerprint density at radius 1 is 0.964 bits per heavy atom. The number of non-ortho nitro benzene ring substituents is 1. The number of nitro groups is 1. The average Bonchev–Trinajstić information content (AvgIpc) is 2.70. The number of carbonyl (C=O) groups excluding carboxylic acids is 1. The summed E-state index contributed by atoms with van der Waals surface area (Å²) in [5.74, 6) is -0.714. The molecule has 1 amide bonds. The van der Waals surface area contributed by atoms with E-state index in [1.165, 1.54) is 24.3 Å². The molecule has 0 heterocycles. The molecule has 0 radical (unpaired) electrons. The van der Waals surface area contributed by atoms with Crippen molar-refractivity contribution in [1.29, 1.82) is 0 Å². The standard InChI is InChI=1S/C21H19N3O4/c25-20-9-5-4-8-17(20)21(26)23-19-14-16(24(27)28)10-11-18(19)22-13-12-15-6-2-1-3-7-15/h1-11,14,22,25H,12-13H2,(H,23,26). The summed E-state index contributed by atoms with van der Waals surface area (Å²) in [6.07, 6.45) is 0.755. The van der Waals surface area contributed by atoms with E-state index in [0.717, 1.165) is 12.0 Å². The van der Waals surface area contributed by atoms with Crippen molar-refractivity contribution in [3.63, 3.8) is 0 Å².